The molecule has 0 atom stereocenters. The molecule has 1 aromatic carbocycles. The Hall–Kier alpha value is -2.62. The number of carbonyl (C=O) groups is 2. The molecule has 1 heterocycles. The van der Waals surface area contributed by atoms with Gasteiger partial charge in [0.25, 0.3) is 0 Å². The van der Waals surface area contributed by atoms with Crippen LogP contribution < -0.4 is 4.74 Å². The second kappa shape index (κ2) is 9.36. The molecule has 10 heteroatoms. The zero-order valence-electron chi connectivity index (χ0n) is 14.2. The monoisotopic (exact) mass is 400 g/mol. The zero-order chi connectivity index (χ0) is 19.9. The first-order chi connectivity index (χ1) is 12.8. The number of ether oxygens (including phenoxy) is 2. The molecule has 0 saturated carbocycles. The van der Waals surface area contributed by atoms with Crippen molar-refractivity contribution in [1.29, 1.82) is 0 Å². The first kappa shape index (κ1) is 20.7. The maximum atomic E-state index is 12.3. The molecule has 27 heavy (non-hydrogen) atoms. The first-order valence-electron chi connectivity index (χ1n) is 7.72. The molecule has 2 aromatic rings. The number of aromatic nitrogens is 2. The van der Waals surface area contributed by atoms with E-state index in [0.717, 1.165) is 17.8 Å². The molecule has 0 aliphatic heterocycles. The lowest BCUT2D eigenvalue weighted by Gasteiger charge is -2.09. The second-order valence-corrected chi connectivity index (χ2v) is 5.95. The van der Waals surface area contributed by atoms with E-state index < -0.39 is 24.0 Å². The van der Waals surface area contributed by atoms with E-state index in [2.05, 4.69) is 14.7 Å². The van der Waals surface area contributed by atoms with Gasteiger partial charge in [0.1, 0.15) is 0 Å². The second-order valence-electron chi connectivity index (χ2n) is 5.18. The van der Waals surface area contributed by atoms with Crippen molar-refractivity contribution in [2.45, 2.75) is 24.2 Å². The third-order valence-electron chi connectivity index (χ3n) is 3.17. The van der Waals surface area contributed by atoms with Gasteiger partial charge in [-0.25, -0.2) is 14.6 Å². The van der Waals surface area contributed by atoms with Gasteiger partial charge in [-0.3, -0.25) is 0 Å². The molecule has 0 aliphatic carbocycles. The summed E-state index contributed by atoms with van der Waals surface area (Å²) in [5.74, 6) is -3.30. The molecule has 0 aliphatic rings. The van der Waals surface area contributed by atoms with Crippen molar-refractivity contribution in [3.63, 3.8) is 0 Å². The van der Waals surface area contributed by atoms with Crippen molar-refractivity contribution in [2.24, 2.45) is 0 Å². The largest absolute Gasteiger partial charge is 0.491 e. The molecule has 0 amide bonds. The van der Waals surface area contributed by atoms with Crippen LogP contribution in [0.4, 0.5) is 13.2 Å². The standard InChI is InChI=1S/C17H15F3N2O4S/c1-27-16-21-12(10-13(22-16)26-15(24)17(18,19)20)8-5-9-25-14(23)11-6-3-2-4-7-11/h2-4,6-7,10H,5,8-9H2,1H3. The van der Waals surface area contributed by atoms with E-state index >= 15 is 0 Å². The number of esters is 2. The lowest BCUT2D eigenvalue weighted by Crippen LogP contribution is -2.28. The Morgan fingerprint density at radius 1 is 1.15 bits per heavy atom. The molecule has 1 aromatic heterocycles. The first-order valence-corrected chi connectivity index (χ1v) is 8.95. The summed E-state index contributed by atoms with van der Waals surface area (Å²) >= 11 is 1.09. The molecular weight excluding hydrogens is 385 g/mol. The fourth-order valence-corrected chi connectivity index (χ4v) is 2.34. The van der Waals surface area contributed by atoms with Gasteiger partial charge in [0.05, 0.1) is 12.2 Å². The molecule has 0 bridgehead atoms. The van der Waals surface area contributed by atoms with Gasteiger partial charge in [-0.2, -0.15) is 18.2 Å². The summed E-state index contributed by atoms with van der Waals surface area (Å²) in [7, 11) is 0. The van der Waals surface area contributed by atoms with E-state index in [-0.39, 0.29) is 11.8 Å². The average molecular weight is 400 g/mol. The maximum Gasteiger partial charge on any atom is 0.491 e. The number of thioether (sulfide) groups is 1. The van der Waals surface area contributed by atoms with Gasteiger partial charge in [0, 0.05) is 11.8 Å². The number of halogens is 3. The Bertz CT molecular complexity index is 801. The van der Waals surface area contributed by atoms with Crippen LogP contribution in [0.3, 0.4) is 0 Å². The van der Waals surface area contributed by atoms with Gasteiger partial charge in [0.2, 0.25) is 5.88 Å². The number of carbonyl (C=O) groups excluding carboxylic acids is 2. The van der Waals surface area contributed by atoms with Gasteiger partial charge < -0.3 is 9.47 Å². The maximum absolute atomic E-state index is 12.3. The Balaban J connectivity index is 1.92. The van der Waals surface area contributed by atoms with Crippen molar-refractivity contribution in [3.8, 4) is 5.88 Å². The smallest absolute Gasteiger partial charge is 0.462 e. The number of hydrogen-bond donors (Lipinski definition) is 0. The van der Waals surface area contributed by atoms with Crippen LogP contribution in [0.5, 0.6) is 5.88 Å². The van der Waals surface area contributed by atoms with E-state index in [1.165, 1.54) is 0 Å². The number of rotatable bonds is 7. The Morgan fingerprint density at radius 2 is 1.85 bits per heavy atom. The zero-order valence-corrected chi connectivity index (χ0v) is 15.0. The van der Waals surface area contributed by atoms with Crippen LogP contribution >= 0.6 is 11.8 Å². The predicted octanol–water partition coefficient (Wildman–Crippen LogP) is 3.46. The van der Waals surface area contributed by atoms with E-state index in [0.29, 0.717) is 24.1 Å². The van der Waals surface area contributed by atoms with Crippen molar-refractivity contribution in [3.05, 3.63) is 47.7 Å². The van der Waals surface area contributed by atoms with Crippen LogP contribution in [0.1, 0.15) is 22.5 Å². The summed E-state index contributed by atoms with van der Waals surface area (Å²) in [5, 5.41) is 0.166. The molecule has 0 fully saturated rings. The van der Waals surface area contributed by atoms with Crippen LogP contribution in [-0.4, -0.2) is 40.9 Å². The summed E-state index contributed by atoms with van der Waals surface area (Å²) < 4.78 is 46.3. The molecule has 6 nitrogen and oxygen atoms in total. The fraction of sp³-hybridized carbons (Fsp3) is 0.294. The van der Waals surface area contributed by atoms with Crippen LogP contribution in [0.2, 0.25) is 0 Å². The Kier molecular flexibility index (Phi) is 7.17. The molecule has 0 N–H and O–H groups in total. The van der Waals surface area contributed by atoms with E-state index in [1.54, 1.807) is 36.6 Å². The SMILES string of the molecule is CSc1nc(CCCOC(=O)c2ccccc2)cc(OC(=O)C(F)(F)F)n1. The Morgan fingerprint density at radius 3 is 2.48 bits per heavy atom. The van der Waals surface area contributed by atoms with E-state index in [9.17, 15) is 22.8 Å². The van der Waals surface area contributed by atoms with Crippen molar-refractivity contribution < 1.29 is 32.2 Å². The van der Waals surface area contributed by atoms with Crippen LogP contribution in [0, 0.1) is 0 Å². The summed E-state index contributed by atoms with van der Waals surface area (Å²) in [6, 6.07) is 9.61. The predicted molar refractivity (Wildman–Crippen MR) is 90.5 cm³/mol. The summed E-state index contributed by atoms with van der Waals surface area (Å²) in [4.78, 5) is 30.6. The van der Waals surface area contributed by atoms with Gasteiger partial charge in [-0.1, -0.05) is 30.0 Å². The minimum Gasteiger partial charge on any atom is -0.462 e. The summed E-state index contributed by atoms with van der Waals surface area (Å²) in [5.41, 5.74) is 0.792. The highest BCUT2D eigenvalue weighted by atomic mass is 32.2. The van der Waals surface area contributed by atoms with Crippen LogP contribution in [-0.2, 0) is 16.0 Å². The summed E-state index contributed by atoms with van der Waals surface area (Å²) in [6.07, 6.45) is -2.79. The minimum absolute atomic E-state index is 0.101. The molecule has 2 rings (SSSR count). The highest BCUT2D eigenvalue weighted by Crippen LogP contribution is 2.21. The molecule has 0 unspecified atom stereocenters. The number of alkyl halides is 3. The van der Waals surface area contributed by atoms with E-state index in [4.69, 9.17) is 4.74 Å². The van der Waals surface area contributed by atoms with Crippen molar-refractivity contribution >= 4 is 23.7 Å². The molecular formula is C17H15F3N2O4S. The van der Waals surface area contributed by atoms with Crippen molar-refractivity contribution in [2.75, 3.05) is 12.9 Å². The van der Waals surface area contributed by atoms with Crippen LogP contribution in [0.15, 0.2) is 41.6 Å². The van der Waals surface area contributed by atoms with Gasteiger partial charge in [0.15, 0.2) is 5.16 Å². The van der Waals surface area contributed by atoms with Gasteiger partial charge in [-0.05, 0) is 31.2 Å². The molecule has 144 valence electrons. The highest BCUT2D eigenvalue weighted by molar-refractivity contribution is 7.98. The van der Waals surface area contributed by atoms with E-state index in [1.807, 2.05) is 0 Å². The number of aryl methyl sites for hydroxylation is 1. The van der Waals surface area contributed by atoms with Crippen LogP contribution in [0.25, 0.3) is 0 Å². The lowest BCUT2D eigenvalue weighted by molar-refractivity contribution is -0.190. The third kappa shape index (κ3) is 6.55. The number of nitrogens with zero attached hydrogens (tertiary/aromatic N) is 2. The highest BCUT2D eigenvalue weighted by Gasteiger charge is 2.41. The number of benzene rings is 1. The fourth-order valence-electron chi connectivity index (χ4n) is 1.95. The third-order valence-corrected chi connectivity index (χ3v) is 3.71. The molecule has 0 spiro atoms. The van der Waals surface area contributed by atoms with Crippen molar-refractivity contribution in [1.82, 2.24) is 9.97 Å². The average Bonchev–Trinajstić information content (AvgIpc) is 2.64. The topological polar surface area (TPSA) is 78.4 Å². The summed E-state index contributed by atoms with van der Waals surface area (Å²) in [6.45, 7) is 0.101. The minimum atomic E-state index is -5.11. The lowest BCUT2D eigenvalue weighted by atomic mass is 10.2. The molecule has 0 radical (unpaired) electrons. The van der Waals surface area contributed by atoms with Gasteiger partial charge >= 0.3 is 18.1 Å². The Labute approximate surface area is 157 Å². The van der Waals surface area contributed by atoms with Gasteiger partial charge in [-0.15, -0.1) is 0 Å². The quantitative estimate of drug-likeness (QED) is 0.305. The number of hydrogen-bond acceptors (Lipinski definition) is 7. The normalized spacial score (nSPS) is 11.1. The molecule has 0 saturated heterocycles.